The summed E-state index contributed by atoms with van der Waals surface area (Å²) in [5.41, 5.74) is 14.5. The van der Waals surface area contributed by atoms with Crippen molar-refractivity contribution in [2.75, 3.05) is 4.90 Å². The lowest BCUT2D eigenvalue weighted by molar-refractivity contribution is 0.725. The number of nitrogens with zero attached hydrogens (tertiary/aromatic N) is 2. The fourth-order valence-electron chi connectivity index (χ4n) is 7.25. The van der Waals surface area contributed by atoms with Gasteiger partial charge in [-0.2, -0.15) is 0 Å². The molecule has 2 aliphatic heterocycles. The fourth-order valence-corrected chi connectivity index (χ4v) is 7.25. The largest absolute Gasteiger partial charge is 0.337 e. The van der Waals surface area contributed by atoms with Gasteiger partial charge in [-0.1, -0.05) is 97.1 Å². The lowest BCUT2D eigenvalue weighted by atomic mass is 9.98. The highest BCUT2D eigenvalue weighted by molar-refractivity contribution is 6.11. The van der Waals surface area contributed by atoms with Crippen molar-refractivity contribution in [2.24, 2.45) is 0 Å². The van der Waals surface area contributed by atoms with Crippen molar-refractivity contribution in [3.63, 3.8) is 0 Å². The second kappa shape index (κ2) is 8.71. The van der Waals surface area contributed by atoms with E-state index >= 15 is 0 Å². The average molecular weight is 525 g/mol. The van der Waals surface area contributed by atoms with Crippen LogP contribution in [-0.4, -0.2) is 10.6 Å². The monoisotopic (exact) mass is 524 g/mol. The second-order valence-electron chi connectivity index (χ2n) is 11.4. The third-order valence-electron chi connectivity index (χ3n) is 9.07. The van der Waals surface area contributed by atoms with Crippen LogP contribution in [0.25, 0.3) is 49.7 Å². The van der Waals surface area contributed by atoms with Gasteiger partial charge in [-0.05, 0) is 88.7 Å². The molecule has 0 bridgehead atoms. The fraction of sp³-hybridized carbons (Fsp3) is 0.0769. The molecule has 2 aliphatic rings. The van der Waals surface area contributed by atoms with E-state index in [1.165, 1.54) is 72.2 Å². The molecule has 2 nitrogen and oxygen atoms in total. The second-order valence-corrected chi connectivity index (χ2v) is 11.4. The molecule has 1 unspecified atom stereocenters. The van der Waals surface area contributed by atoms with E-state index in [0.717, 1.165) is 12.8 Å². The number of hydrogen-bond acceptors (Lipinski definition) is 1. The molecule has 1 aromatic heterocycles. The summed E-state index contributed by atoms with van der Waals surface area (Å²) in [6.07, 6.45) is 2.17. The first-order valence-electron chi connectivity index (χ1n) is 14.5. The lowest BCUT2D eigenvalue weighted by Crippen LogP contribution is -2.22. The molecule has 2 heteroatoms. The van der Waals surface area contributed by atoms with Gasteiger partial charge in [-0.25, -0.2) is 0 Å². The predicted octanol–water partition coefficient (Wildman–Crippen LogP) is 9.74. The van der Waals surface area contributed by atoms with Crippen LogP contribution in [0.1, 0.15) is 11.1 Å². The Kier molecular flexibility index (Phi) is 4.82. The van der Waals surface area contributed by atoms with Crippen LogP contribution in [0.5, 0.6) is 0 Å². The number of aromatic nitrogens is 1. The minimum absolute atomic E-state index is 0.485. The first-order chi connectivity index (χ1) is 20.3. The van der Waals surface area contributed by atoms with Crippen LogP contribution in [0.4, 0.5) is 11.4 Å². The van der Waals surface area contributed by atoms with Crippen molar-refractivity contribution in [1.82, 2.24) is 4.57 Å². The highest BCUT2D eigenvalue weighted by Gasteiger charge is 2.37. The Morgan fingerprint density at radius 3 is 1.88 bits per heavy atom. The van der Waals surface area contributed by atoms with E-state index in [2.05, 4.69) is 149 Å². The maximum absolute atomic E-state index is 2.61. The zero-order valence-corrected chi connectivity index (χ0v) is 22.7. The van der Waals surface area contributed by atoms with Crippen LogP contribution in [0.2, 0.25) is 0 Å². The molecular weight excluding hydrogens is 496 g/mol. The van der Waals surface area contributed by atoms with Gasteiger partial charge in [-0.3, -0.25) is 0 Å². The third-order valence-corrected chi connectivity index (χ3v) is 9.07. The van der Waals surface area contributed by atoms with E-state index in [9.17, 15) is 0 Å². The van der Waals surface area contributed by atoms with Crippen molar-refractivity contribution in [1.29, 1.82) is 0 Å². The first-order valence-corrected chi connectivity index (χ1v) is 14.5. The molecule has 0 spiro atoms. The summed E-state index contributed by atoms with van der Waals surface area (Å²) in [6, 6.07) is 51.7. The zero-order valence-electron chi connectivity index (χ0n) is 22.7. The van der Waals surface area contributed by atoms with Gasteiger partial charge < -0.3 is 9.47 Å². The summed E-state index contributed by atoms with van der Waals surface area (Å²) in [5, 5.41) is 2.62. The average Bonchev–Trinajstić information content (AvgIpc) is 3.68. The Balaban J connectivity index is 1.20. The van der Waals surface area contributed by atoms with Gasteiger partial charge >= 0.3 is 0 Å². The van der Waals surface area contributed by atoms with Gasteiger partial charge in [0.1, 0.15) is 0 Å². The van der Waals surface area contributed by atoms with Crippen molar-refractivity contribution < 1.29 is 0 Å². The van der Waals surface area contributed by atoms with Crippen LogP contribution in [0.3, 0.4) is 0 Å². The van der Waals surface area contributed by atoms with E-state index in [4.69, 9.17) is 0 Å². The quantitative estimate of drug-likeness (QED) is 0.223. The smallest absolute Gasteiger partial charge is 0.0545 e. The highest BCUT2D eigenvalue weighted by atomic mass is 15.2. The molecule has 0 amide bonds. The molecule has 0 fully saturated rings. The van der Waals surface area contributed by atoms with Gasteiger partial charge in [0.25, 0.3) is 0 Å². The number of para-hydroxylation sites is 1. The summed E-state index contributed by atoms with van der Waals surface area (Å²) in [7, 11) is 0. The Labute approximate surface area is 239 Å². The molecule has 0 radical (unpaired) electrons. The Bertz CT molecular complexity index is 2100. The van der Waals surface area contributed by atoms with Gasteiger partial charge in [-0.15, -0.1) is 0 Å². The Morgan fingerprint density at radius 1 is 0.439 bits per heavy atom. The summed E-state index contributed by atoms with van der Waals surface area (Å²) in [4.78, 5) is 2.61. The molecule has 6 aromatic carbocycles. The molecule has 0 N–H and O–H groups in total. The zero-order chi connectivity index (χ0) is 26.9. The number of fused-ring (bicyclic) bond motifs is 8. The third kappa shape index (κ3) is 3.44. The normalized spacial score (nSPS) is 15.3. The van der Waals surface area contributed by atoms with E-state index in [-0.39, 0.29) is 0 Å². The molecule has 3 heterocycles. The van der Waals surface area contributed by atoms with Gasteiger partial charge in [0.2, 0.25) is 0 Å². The molecule has 0 aliphatic carbocycles. The van der Waals surface area contributed by atoms with Crippen LogP contribution < -0.4 is 4.90 Å². The number of hydrogen-bond donors (Lipinski definition) is 0. The Hall–Kier alpha value is -5.08. The summed E-state index contributed by atoms with van der Waals surface area (Å²) in [6.45, 7) is 0. The van der Waals surface area contributed by atoms with E-state index in [0.29, 0.717) is 6.04 Å². The minimum atomic E-state index is 0.485. The van der Waals surface area contributed by atoms with Crippen molar-refractivity contribution in [3.8, 4) is 27.9 Å². The maximum Gasteiger partial charge on any atom is 0.0545 e. The number of rotatable bonds is 3. The van der Waals surface area contributed by atoms with Crippen molar-refractivity contribution >= 4 is 33.2 Å². The number of anilines is 2. The molecule has 41 heavy (non-hydrogen) atoms. The Morgan fingerprint density at radius 2 is 1.10 bits per heavy atom. The minimum Gasteiger partial charge on any atom is -0.337 e. The highest BCUT2D eigenvalue weighted by Crippen LogP contribution is 2.49. The van der Waals surface area contributed by atoms with Gasteiger partial charge in [0.15, 0.2) is 0 Å². The maximum atomic E-state index is 2.61. The molecule has 9 rings (SSSR count). The van der Waals surface area contributed by atoms with E-state index in [1.807, 2.05) is 0 Å². The lowest BCUT2D eigenvalue weighted by Gasteiger charge is -2.21. The molecule has 7 aromatic rings. The topological polar surface area (TPSA) is 8.17 Å². The van der Waals surface area contributed by atoms with Crippen LogP contribution >= 0.6 is 0 Å². The summed E-state index contributed by atoms with van der Waals surface area (Å²) in [5.74, 6) is 0. The first kappa shape index (κ1) is 22.7. The van der Waals surface area contributed by atoms with Crippen LogP contribution in [0, 0.1) is 0 Å². The molecule has 0 saturated heterocycles. The molecule has 1 atom stereocenters. The molecular formula is C39H28N2. The van der Waals surface area contributed by atoms with Crippen molar-refractivity contribution in [3.05, 3.63) is 151 Å². The van der Waals surface area contributed by atoms with Crippen molar-refractivity contribution in [2.45, 2.75) is 18.9 Å². The summed E-state index contributed by atoms with van der Waals surface area (Å²) >= 11 is 0. The van der Waals surface area contributed by atoms with Crippen LogP contribution in [-0.2, 0) is 12.8 Å². The summed E-state index contributed by atoms with van der Waals surface area (Å²) < 4.78 is 2.46. The van der Waals surface area contributed by atoms with E-state index < -0.39 is 0 Å². The van der Waals surface area contributed by atoms with Crippen LogP contribution in [0.15, 0.2) is 140 Å². The predicted molar refractivity (Wildman–Crippen MR) is 171 cm³/mol. The number of benzene rings is 6. The van der Waals surface area contributed by atoms with Gasteiger partial charge in [0.05, 0.1) is 11.0 Å². The SMILES string of the molecule is c1ccc(-c2cccc(-n3c4ccccc4c4cc5c(cc43)CC3Cc4cc(-c6ccccc6)ccc4N53)c2)cc1. The standard InChI is InChI=1S/C39H28N2/c1-3-10-26(11-4-1)28-14-9-15-32(21-28)40-37-17-8-7-16-34(37)35-25-38-31(24-39(35)40)23-33-22-30-20-29(18-19-36(30)41(33)38)27-12-5-2-6-13-27/h1-21,24-25,33H,22-23H2. The van der Waals surface area contributed by atoms with Gasteiger partial charge in [0, 0.05) is 33.9 Å². The molecule has 194 valence electrons. The van der Waals surface area contributed by atoms with E-state index in [1.54, 1.807) is 0 Å². The molecule has 0 saturated carbocycles.